The molecule has 2 aromatic carbocycles. The van der Waals surface area contributed by atoms with Crippen molar-refractivity contribution in [3.05, 3.63) is 48.0 Å². The summed E-state index contributed by atoms with van der Waals surface area (Å²) in [6.45, 7) is 0.0888. The maximum absolute atomic E-state index is 13.4. The average Bonchev–Trinajstić information content (AvgIpc) is 2.78. The van der Waals surface area contributed by atoms with Gasteiger partial charge in [0.05, 0.1) is 17.6 Å². The number of hydrogen-bond donors (Lipinski definition) is 2. The SMILES string of the molecule is Nc1cccc(-c2nc3cc(F)c(F)cc3n2CCO)c1. The fraction of sp³-hybridized carbons (Fsp3) is 0.133. The van der Waals surface area contributed by atoms with Crippen LogP contribution in [-0.4, -0.2) is 21.3 Å². The van der Waals surface area contributed by atoms with Crippen LogP contribution in [0.1, 0.15) is 0 Å². The highest BCUT2D eigenvalue weighted by Gasteiger charge is 2.15. The summed E-state index contributed by atoms with van der Waals surface area (Å²) in [7, 11) is 0. The average molecular weight is 289 g/mol. The van der Waals surface area contributed by atoms with Crippen LogP contribution in [0, 0.1) is 11.6 Å². The largest absolute Gasteiger partial charge is 0.399 e. The number of imidazole rings is 1. The van der Waals surface area contributed by atoms with Crippen molar-refractivity contribution in [2.24, 2.45) is 0 Å². The van der Waals surface area contributed by atoms with E-state index in [1.807, 2.05) is 0 Å². The molecule has 0 spiro atoms. The number of nitrogens with two attached hydrogens (primary N) is 1. The molecule has 1 heterocycles. The number of nitrogens with zero attached hydrogens (tertiary/aromatic N) is 2. The van der Waals surface area contributed by atoms with Gasteiger partial charge in [0.25, 0.3) is 0 Å². The van der Waals surface area contributed by atoms with Gasteiger partial charge < -0.3 is 15.4 Å². The number of anilines is 1. The van der Waals surface area contributed by atoms with Gasteiger partial charge in [-0.05, 0) is 12.1 Å². The van der Waals surface area contributed by atoms with Crippen molar-refractivity contribution >= 4 is 16.7 Å². The molecular weight excluding hydrogens is 276 g/mol. The maximum atomic E-state index is 13.4. The molecule has 0 fully saturated rings. The van der Waals surface area contributed by atoms with Crippen LogP contribution >= 0.6 is 0 Å². The molecular formula is C15H13F2N3O. The molecule has 21 heavy (non-hydrogen) atoms. The summed E-state index contributed by atoms with van der Waals surface area (Å²) in [4.78, 5) is 4.33. The molecule has 1 aromatic heterocycles. The highest BCUT2D eigenvalue weighted by atomic mass is 19.2. The van der Waals surface area contributed by atoms with Crippen molar-refractivity contribution in [3.63, 3.8) is 0 Å². The molecule has 3 rings (SSSR count). The molecule has 0 bridgehead atoms. The number of rotatable bonds is 3. The number of aromatic nitrogens is 2. The first-order valence-corrected chi connectivity index (χ1v) is 6.42. The minimum atomic E-state index is -0.949. The van der Waals surface area contributed by atoms with Crippen LogP contribution in [0.5, 0.6) is 0 Å². The maximum Gasteiger partial charge on any atom is 0.161 e. The molecule has 0 saturated heterocycles. The second kappa shape index (κ2) is 5.14. The summed E-state index contributed by atoms with van der Waals surface area (Å²) < 4.78 is 28.4. The third-order valence-electron chi connectivity index (χ3n) is 3.26. The van der Waals surface area contributed by atoms with Gasteiger partial charge in [-0.2, -0.15) is 0 Å². The number of halogens is 2. The lowest BCUT2D eigenvalue weighted by molar-refractivity contribution is 0.278. The van der Waals surface area contributed by atoms with Crippen molar-refractivity contribution < 1.29 is 13.9 Å². The molecule has 0 atom stereocenters. The molecule has 3 aromatic rings. The summed E-state index contributed by atoms with van der Waals surface area (Å²) in [5.41, 5.74) is 7.81. The van der Waals surface area contributed by atoms with E-state index in [2.05, 4.69) is 4.98 Å². The lowest BCUT2D eigenvalue weighted by Gasteiger charge is -2.08. The highest BCUT2D eigenvalue weighted by molar-refractivity contribution is 5.81. The Morgan fingerprint density at radius 1 is 1.14 bits per heavy atom. The first-order valence-electron chi connectivity index (χ1n) is 6.42. The molecule has 108 valence electrons. The van der Waals surface area contributed by atoms with Crippen LogP contribution in [0.4, 0.5) is 14.5 Å². The third kappa shape index (κ3) is 2.34. The number of benzene rings is 2. The van der Waals surface area contributed by atoms with Crippen LogP contribution in [-0.2, 0) is 6.54 Å². The topological polar surface area (TPSA) is 64.1 Å². The predicted octanol–water partition coefficient (Wildman–Crippen LogP) is 2.56. The Bertz CT molecular complexity index is 814. The quantitative estimate of drug-likeness (QED) is 0.728. The van der Waals surface area contributed by atoms with Crippen molar-refractivity contribution in [2.45, 2.75) is 6.54 Å². The number of hydrogen-bond acceptors (Lipinski definition) is 3. The van der Waals surface area contributed by atoms with Crippen LogP contribution in [0.15, 0.2) is 36.4 Å². The Labute approximate surface area is 119 Å². The Balaban J connectivity index is 2.28. The molecule has 0 aliphatic carbocycles. The number of aliphatic hydroxyl groups is 1. The second-order valence-corrected chi connectivity index (χ2v) is 4.69. The first-order chi connectivity index (χ1) is 10.1. The van der Waals surface area contributed by atoms with E-state index in [0.717, 1.165) is 17.7 Å². The Hall–Kier alpha value is -2.47. The van der Waals surface area contributed by atoms with Crippen LogP contribution < -0.4 is 5.73 Å². The molecule has 0 unspecified atom stereocenters. The molecule has 3 N–H and O–H groups in total. The number of nitrogen functional groups attached to an aromatic ring is 1. The number of fused-ring (bicyclic) bond motifs is 1. The lowest BCUT2D eigenvalue weighted by atomic mass is 10.2. The van der Waals surface area contributed by atoms with Gasteiger partial charge in [0.15, 0.2) is 11.6 Å². The zero-order valence-electron chi connectivity index (χ0n) is 11.1. The van der Waals surface area contributed by atoms with Gasteiger partial charge in [0.2, 0.25) is 0 Å². The number of aliphatic hydroxyl groups excluding tert-OH is 1. The van der Waals surface area contributed by atoms with E-state index in [1.165, 1.54) is 0 Å². The van der Waals surface area contributed by atoms with Gasteiger partial charge >= 0.3 is 0 Å². The van der Waals surface area contributed by atoms with Gasteiger partial charge in [-0.25, -0.2) is 13.8 Å². The predicted molar refractivity (Wildman–Crippen MR) is 76.6 cm³/mol. The van der Waals surface area contributed by atoms with Crippen LogP contribution in [0.25, 0.3) is 22.4 Å². The van der Waals surface area contributed by atoms with Gasteiger partial charge in [-0.1, -0.05) is 12.1 Å². The van der Waals surface area contributed by atoms with E-state index >= 15 is 0 Å². The van der Waals surface area contributed by atoms with Crippen LogP contribution in [0.2, 0.25) is 0 Å². The first kappa shape index (κ1) is 13.5. The van der Waals surface area contributed by atoms with Crippen molar-refractivity contribution in [2.75, 3.05) is 12.3 Å². The molecule has 0 aliphatic rings. The van der Waals surface area contributed by atoms with Crippen molar-refractivity contribution in [3.8, 4) is 11.4 Å². The standard InChI is InChI=1S/C15H13F2N3O/c16-11-7-13-14(8-12(11)17)20(4-5-21)15(19-13)9-2-1-3-10(18)6-9/h1-3,6-8,21H,4-5,18H2. The zero-order valence-corrected chi connectivity index (χ0v) is 11.1. The Morgan fingerprint density at radius 3 is 2.62 bits per heavy atom. The highest BCUT2D eigenvalue weighted by Crippen LogP contribution is 2.27. The molecule has 4 nitrogen and oxygen atoms in total. The van der Waals surface area contributed by atoms with E-state index in [4.69, 9.17) is 5.73 Å². The molecule has 0 radical (unpaired) electrons. The molecule has 0 aliphatic heterocycles. The Morgan fingerprint density at radius 2 is 1.90 bits per heavy atom. The van der Waals surface area contributed by atoms with Gasteiger partial charge in [-0.15, -0.1) is 0 Å². The fourth-order valence-electron chi connectivity index (χ4n) is 2.34. The fourth-order valence-corrected chi connectivity index (χ4v) is 2.34. The minimum absolute atomic E-state index is 0.139. The van der Waals surface area contributed by atoms with Gasteiger partial charge in [0.1, 0.15) is 5.82 Å². The minimum Gasteiger partial charge on any atom is -0.399 e. The van der Waals surface area contributed by atoms with Crippen LogP contribution in [0.3, 0.4) is 0 Å². The summed E-state index contributed by atoms with van der Waals surface area (Å²) in [5.74, 6) is -1.38. The van der Waals surface area contributed by atoms with E-state index in [0.29, 0.717) is 22.5 Å². The summed E-state index contributed by atoms with van der Waals surface area (Å²) in [6.07, 6.45) is 0. The van der Waals surface area contributed by atoms with Gasteiger partial charge in [0, 0.05) is 29.9 Å². The molecule has 0 saturated carbocycles. The van der Waals surface area contributed by atoms with E-state index in [1.54, 1.807) is 28.8 Å². The van der Waals surface area contributed by atoms with Crippen molar-refractivity contribution in [1.82, 2.24) is 9.55 Å². The Kier molecular flexibility index (Phi) is 3.31. The summed E-state index contributed by atoms with van der Waals surface area (Å²) >= 11 is 0. The van der Waals surface area contributed by atoms with Crippen molar-refractivity contribution in [1.29, 1.82) is 0 Å². The summed E-state index contributed by atoms with van der Waals surface area (Å²) in [6, 6.07) is 9.17. The van der Waals surface area contributed by atoms with E-state index in [9.17, 15) is 13.9 Å². The monoisotopic (exact) mass is 289 g/mol. The van der Waals surface area contributed by atoms with E-state index in [-0.39, 0.29) is 13.2 Å². The smallest absolute Gasteiger partial charge is 0.161 e. The molecule has 0 amide bonds. The third-order valence-corrected chi connectivity index (χ3v) is 3.26. The zero-order chi connectivity index (χ0) is 15.0. The van der Waals surface area contributed by atoms with E-state index < -0.39 is 11.6 Å². The summed E-state index contributed by atoms with van der Waals surface area (Å²) in [5, 5.41) is 9.21. The lowest BCUT2D eigenvalue weighted by Crippen LogP contribution is -2.04. The van der Waals surface area contributed by atoms with Gasteiger partial charge in [-0.3, -0.25) is 0 Å². The second-order valence-electron chi connectivity index (χ2n) is 4.69. The normalized spacial score (nSPS) is 11.2. The molecule has 6 heteroatoms.